The molecule has 0 spiro atoms. The van der Waals surface area contributed by atoms with E-state index in [1.54, 1.807) is 12.1 Å². The Hall–Kier alpha value is -3.00. The van der Waals surface area contributed by atoms with E-state index in [0.717, 1.165) is 17.5 Å². The topological polar surface area (TPSA) is 9.23 Å². The summed E-state index contributed by atoms with van der Waals surface area (Å²) < 4.78 is 55.4. The van der Waals surface area contributed by atoms with Crippen LogP contribution >= 0.6 is 0 Å². The summed E-state index contributed by atoms with van der Waals surface area (Å²) in [5, 5.41) is 0.517. The molecular formula is C28H26F4O. The van der Waals surface area contributed by atoms with Crippen molar-refractivity contribution in [3.05, 3.63) is 77.1 Å². The summed E-state index contributed by atoms with van der Waals surface area (Å²) in [5.41, 5.74) is 2.91. The number of rotatable bonds is 4. The van der Waals surface area contributed by atoms with Crippen LogP contribution in [0.2, 0.25) is 0 Å². The third-order valence-electron chi connectivity index (χ3n) is 6.42. The molecule has 3 aromatic rings. The van der Waals surface area contributed by atoms with E-state index in [9.17, 15) is 17.6 Å². The Labute approximate surface area is 191 Å². The summed E-state index contributed by atoms with van der Waals surface area (Å²) in [6, 6.07) is 15.4. The van der Waals surface area contributed by atoms with Crippen LogP contribution in [0, 0.1) is 23.6 Å². The zero-order chi connectivity index (χ0) is 23.4. The first-order chi connectivity index (χ1) is 15.8. The van der Waals surface area contributed by atoms with Gasteiger partial charge in [-0.05, 0) is 78.8 Å². The number of fused-ring (bicyclic) bond motifs is 1. The Morgan fingerprint density at radius 1 is 0.879 bits per heavy atom. The fourth-order valence-corrected chi connectivity index (χ4v) is 4.73. The highest BCUT2D eigenvalue weighted by atomic mass is 19.4. The fraction of sp³-hybridized carbons (Fsp3) is 0.357. The number of halogens is 4. The van der Waals surface area contributed by atoms with E-state index >= 15 is 0 Å². The second-order valence-corrected chi connectivity index (χ2v) is 8.74. The van der Waals surface area contributed by atoms with Crippen LogP contribution in [0.25, 0.3) is 10.8 Å². The summed E-state index contributed by atoms with van der Waals surface area (Å²) >= 11 is 0. The van der Waals surface area contributed by atoms with Crippen molar-refractivity contribution >= 4 is 10.8 Å². The van der Waals surface area contributed by atoms with Crippen LogP contribution in [-0.4, -0.2) is 6.36 Å². The van der Waals surface area contributed by atoms with Gasteiger partial charge in [0.05, 0.1) is 0 Å². The summed E-state index contributed by atoms with van der Waals surface area (Å²) in [6.07, 6.45) is 2.79. The normalized spacial score (nSPS) is 18.6. The lowest BCUT2D eigenvalue weighted by atomic mass is 9.77. The van der Waals surface area contributed by atoms with Gasteiger partial charge in [0.25, 0.3) is 0 Å². The van der Waals surface area contributed by atoms with Crippen LogP contribution in [0.5, 0.6) is 5.75 Å². The Kier molecular flexibility index (Phi) is 6.93. The van der Waals surface area contributed by atoms with E-state index in [-0.39, 0.29) is 5.39 Å². The predicted octanol–water partition coefficient (Wildman–Crippen LogP) is 8.35. The van der Waals surface area contributed by atoms with E-state index in [1.807, 2.05) is 12.1 Å². The molecule has 5 heteroatoms. The van der Waals surface area contributed by atoms with Crippen molar-refractivity contribution in [1.29, 1.82) is 0 Å². The molecule has 0 heterocycles. The van der Waals surface area contributed by atoms with Gasteiger partial charge in [-0.1, -0.05) is 55.9 Å². The van der Waals surface area contributed by atoms with Crippen LogP contribution in [0.4, 0.5) is 17.6 Å². The van der Waals surface area contributed by atoms with E-state index in [0.29, 0.717) is 16.9 Å². The molecule has 3 aromatic carbocycles. The highest BCUT2D eigenvalue weighted by Crippen LogP contribution is 2.37. The Bertz CT molecular complexity index is 1160. The second kappa shape index (κ2) is 9.87. The molecule has 0 saturated heterocycles. The number of benzene rings is 3. The van der Waals surface area contributed by atoms with Crippen LogP contribution in [0.3, 0.4) is 0 Å². The van der Waals surface area contributed by atoms with Gasteiger partial charge in [-0.3, -0.25) is 0 Å². The SMILES string of the molecule is CCC[C@H]1CC[C@H](c2ccc(C#Cc3ccc4c(F)c(OC(F)(F)F)ccc4c3)cc2)CC1. The molecule has 0 amide bonds. The van der Waals surface area contributed by atoms with Crippen LogP contribution in [0.15, 0.2) is 54.6 Å². The van der Waals surface area contributed by atoms with Gasteiger partial charge in [0.15, 0.2) is 11.6 Å². The third-order valence-corrected chi connectivity index (χ3v) is 6.42. The van der Waals surface area contributed by atoms with E-state index in [1.165, 1.54) is 56.2 Å². The molecule has 4 rings (SSSR count). The van der Waals surface area contributed by atoms with Crippen molar-refractivity contribution in [2.75, 3.05) is 0 Å². The van der Waals surface area contributed by atoms with Gasteiger partial charge in [-0.25, -0.2) is 4.39 Å². The van der Waals surface area contributed by atoms with Crippen molar-refractivity contribution in [3.63, 3.8) is 0 Å². The third kappa shape index (κ3) is 5.87. The molecule has 1 aliphatic carbocycles. The number of hydrogen-bond donors (Lipinski definition) is 0. The molecule has 0 radical (unpaired) electrons. The smallest absolute Gasteiger partial charge is 0.403 e. The van der Waals surface area contributed by atoms with Gasteiger partial charge in [-0.15, -0.1) is 13.2 Å². The highest BCUT2D eigenvalue weighted by Gasteiger charge is 2.32. The lowest BCUT2D eigenvalue weighted by Crippen LogP contribution is -2.17. The molecule has 33 heavy (non-hydrogen) atoms. The molecule has 0 atom stereocenters. The molecule has 1 nitrogen and oxygen atoms in total. The zero-order valence-electron chi connectivity index (χ0n) is 18.5. The van der Waals surface area contributed by atoms with E-state index in [4.69, 9.17) is 0 Å². The molecule has 0 unspecified atom stereocenters. The molecule has 1 aliphatic rings. The molecule has 0 aromatic heterocycles. The molecule has 0 bridgehead atoms. The minimum absolute atomic E-state index is 0.0558. The number of ether oxygens (including phenoxy) is 1. The van der Waals surface area contributed by atoms with Gasteiger partial charge in [-0.2, -0.15) is 0 Å². The summed E-state index contributed by atoms with van der Waals surface area (Å²) in [4.78, 5) is 0. The molecule has 172 valence electrons. The molecule has 0 N–H and O–H groups in total. The largest absolute Gasteiger partial charge is 0.573 e. The Morgan fingerprint density at radius 3 is 2.21 bits per heavy atom. The van der Waals surface area contributed by atoms with Crippen molar-refractivity contribution in [1.82, 2.24) is 0 Å². The predicted molar refractivity (Wildman–Crippen MR) is 123 cm³/mol. The Balaban J connectivity index is 1.45. The molecule has 1 saturated carbocycles. The van der Waals surface area contributed by atoms with Crippen molar-refractivity contribution in [2.45, 2.75) is 57.7 Å². The van der Waals surface area contributed by atoms with Crippen molar-refractivity contribution < 1.29 is 22.3 Å². The maximum Gasteiger partial charge on any atom is 0.573 e. The first-order valence-electron chi connectivity index (χ1n) is 11.4. The quantitative estimate of drug-likeness (QED) is 0.284. The minimum Gasteiger partial charge on any atom is -0.403 e. The van der Waals surface area contributed by atoms with Gasteiger partial charge in [0, 0.05) is 16.5 Å². The molecular weight excluding hydrogens is 428 g/mol. The maximum absolute atomic E-state index is 14.4. The summed E-state index contributed by atoms with van der Waals surface area (Å²) in [5.74, 6) is 5.81. The fourth-order valence-electron chi connectivity index (χ4n) is 4.73. The first-order valence-corrected chi connectivity index (χ1v) is 11.4. The lowest BCUT2D eigenvalue weighted by Gasteiger charge is -2.28. The van der Waals surface area contributed by atoms with Gasteiger partial charge in [0.1, 0.15) is 0 Å². The van der Waals surface area contributed by atoms with Crippen LogP contribution in [-0.2, 0) is 0 Å². The molecule has 0 aliphatic heterocycles. The first kappa shape index (κ1) is 23.2. The standard InChI is InChI=1S/C28H26F4O/c1-2-3-19-6-11-22(12-7-19)23-13-8-20(9-14-23)4-5-21-10-16-25-24(18-21)15-17-26(27(25)29)33-28(30,31)32/h8-10,13-19,22H,2-3,6-7,11-12H2,1H3/t19-,22-. The second-order valence-electron chi connectivity index (χ2n) is 8.74. The number of alkyl halides is 3. The van der Waals surface area contributed by atoms with Crippen molar-refractivity contribution in [3.8, 4) is 17.6 Å². The van der Waals surface area contributed by atoms with Gasteiger partial charge >= 0.3 is 6.36 Å². The van der Waals surface area contributed by atoms with E-state index in [2.05, 4.69) is 35.6 Å². The minimum atomic E-state index is -4.94. The molecule has 1 fully saturated rings. The zero-order valence-corrected chi connectivity index (χ0v) is 18.5. The number of hydrogen-bond acceptors (Lipinski definition) is 1. The van der Waals surface area contributed by atoms with Crippen LogP contribution < -0.4 is 4.74 Å². The average molecular weight is 455 g/mol. The van der Waals surface area contributed by atoms with Gasteiger partial charge < -0.3 is 4.74 Å². The lowest BCUT2D eigenvalue weighted by molar-refractivity contribution is -0.275. The summed E-state index contributed by atoms with van der Waals surface area (Å²) in [6.45, 7) is 2.26. The van der Waals surface area contributed by atoms with Crippen LogP contribution in [0.1, 0.15) is 68.1 Å². The van der Waals surface area contributed by atoms with Crippen molar-refractivity contribution in [2.24, 2.45) is 5.92 Å². The van der Waals surface area contributed by atoms with Gasteiger partial charge in [0.2, 0.25) is 0 Å². The Morgan fingerprint density at radius 2 is 1.55 bits per heavy atom. The average Bonchev–Trinajstić information content (AvgIpc) is 2.80. The summed E-state index contributed by atoms with van der Waals surface area (Å²) in [7, 11) is 0. The maximum atomic E-state index is 14.4. The van der Waals surface area contributed by atoms with E-state index < -0.39 is 17.9 Å². The highest BCUT2D eigenvalue weighted by molar-refractivity contribution is 5.86. The monoisotopic (exact) mass is 454 g/mol.